The standard InChI is InChI=1S/C15H13ClO2/c16-14-8-6-13(7-9-14)12-4-1-11(2-5-12)3-10-15(17)18/h1-2,4-9H,3,10H2,(H,17,18). The van der Waals surface area contributed by atoms with Gasteiger partial charge < -0.3 is 5.11 Å². The molecule has 0 bridgehead atoms. The number of carboxylic acid groups (broad SMARTS) is 1. The smallest absolute Gasteiger partial charge is 0.303 e. The van der Waals surface area contributed by atoms with Crippen molar-refractivity contribution < 1.29 is 9.90 Å². The van der Waals surface area contributed by atoms with E-state index < -0.39 is 5.97 Å². The van der Waals surface area contributed by atoms with Crippen molar-refractivity contribution in [2.75, 3.05) is 0 Å². The molecule has 0 heterocycles. The van der Waals surface area contributed by atoms with Gasteiger partial charge in [0.05, 0.1) is 0 Å². The van der Waals surface area contributed by atoms with Gasteiger partial charge in [0.2, 0.25) is 0 Å². The van der Waals surface area contributed by atoms with Crippen LogP contribution in [0.4, 0.5) is 0 Å². The Kier molecular flexibility index (Phi) is 4.00. The summed E-state index contributed by atoms with van der Waals surface area (Å²) in [6.45, 7) is 0. The van der Waals surface area contributed by atoms with E-state index in [9.17, 15) is 4.79 Å². The first-order chi connectivity index (χ1) is 8.65. The summed E-state index contributed by atoms with van der Waals surface area (Å²) in [4.78, 5) is 10.5. The first-order valence-electron chi connectivity index (χ1n) is 5.72. The molecule has 0 aliphatic rings. The van der Waals surface area contributed by atoms with Crippen molar-refractivity contribution in [3.05, 3.63) is 59.1 Å². The number of aliphatic carboxylic acids is 1. The highest BCUT2D eigenvalue weighted by atomic mass is 35.5. The van der Waals surface area contributed by atoms with Crippen molar-refractivity contribution in [3.63, 3.8) is 0 Å². The van der Waals surface area contributed by atoms with Gasteiger partial charge in [-0.2, -0.15) is 0 Å². The zero-order valence-corrected chi connectivity index (χ0v) is 10.5. The van der Waals surface area contributed by atoms with Gasteiger partial charge in [0.15, 0.2) is 0 Å². The summed E-state index contributed by atoms with van der Waals surface area (Å²) in [5, 5.41) is 9.34. The average Bonchev–Trinajstić information content (AvgIpc) is 2.38. The molecule has 0 aliphatic heterocycles. The molecule has 0 saturated heterocycles. The van der Waals surface area contributed by atoms with E-state index in [0.717, 1.165) is 21.7 Å². The van der Waals surface area contributed by atoms with Crippen LogP contribution in [0.2, 0.25) is 5.02 Å². The Labute approximate surface area is 111 Å². The highest BCUT2D eigenvalue weighted by Gasteiger charge is 2.01. The van der Waals surface area contributed by atoms with Crippen LogP contribution >= 0.6 is 11.6 Å². The maximum atomic E-state index is 10.5. The van der Waals surface area contributed by atoms with E-state index >= 15 is 0 Å². The monoisotopic (exact) mass is 260 g/mol. The zero-order valence-electron chi connectivity index (χ0n) is 9.77. The van der Waals surface area contributed by atoms with Crippen LogP contribution in [0, 0.1) is 0 Å². The molecule has 0 fully saturated rings. The quantitative estimate of drug-likeness (QED) is 0.901. The largest absolute Gasteiger partial charge is 0.481 e. The number of hydrogen-bond acceptors (Lipinski definition) is 1. The second-order valence-electron chi connectivity index (χ2n) is 4.10. The van der Waals surface area contributed by atoms with Gasteiger partial charge in [-0.05, 0) is 35.2 Å². The molecule has 0 unspecified atom stereocenters. The van der Waals surface area contributed by atoms with Gasteiger partial charge >= 0.3 is 5.97 Å². The van der Waals surface area contributed by atoms with Gasteiger partial charge in [0.1, 0.15) is 0 Å². The van der Waals surface area contributed by atoms with Crippen LogP contribution in [0.25, 0.3) is 11.1 Å². The molecule has 0 spiro atoms. The first kappa shape index (κ1) is 12.7. The molecule has 2 rings (SSSR count). The van der Waals surface area contributed by atoms with Crippen molar-refractivity contribution in [1.29, 1.82) is 0 Å². The molecule has 2 aromatic rings. The van der Waals surface area contributed by atoms with E-state index in [2.05, 4.69) is 0 Å². The molecule has 2 nitrogen and oxygen atoms in total. The minimum Gasteiger partial charge on any atom is -0.481 e. The molecular formula is C15H13ClO2. The summed E-state index contributed by atoms with van der Waals surface area (Å²) >= 11 is 5.84. The van der Waals surface area contributed by atoms with E-state index in [1.165, 1.54) is 0 Å². The summed E-state index contributed by atoms with van der Waals surface area (Å²) < 4.78 is 0. The maximum absolute atomic E-state index is 10.5. The molecule has 92 valence electrons. The number of benzene rings is 2. The second kappa shape index (κ2) is 5.69. The normalized spacial score (nSPS) is 10.3. The fraction of sp³-hybridized carbons (Fsp3) is 0.133. The average molecular weight is 261 g/mol. The van der Waals surface area contributed by atoms with Crippen LogP contribution in [0.3, 0.4) is 0 Å². The summed E-state index contributed by atoms with van der Waals surface area (Å²) in [5.74, 6) is -0.767. The Morgan fingerprint density at radius 3 is 1.94 bits per heavy atom. The topological polar surface area (TPSA) is 37.3 Å². The lowest BCUT2D eigenvalue weighted by molar-refractivity contribution is -0.136. The third kappa shape index (κ3) is 3.34. The molecule has 0 saturated carbocycles. The molecule has 0 aromatic heterocycles. The predicted molar refractivity (Wildman–Crippen MR) is 72.8 cm³/mol. The van der Waals surface area contributed by atoms with Gasteiger partial charge in [-0.1, -0.05) is 48.0 Å². The highest BCUT2D eigenvalue weighted by molar-refractivity contribution is 6.30. The first-order valence-corrected chi connectivity index (χ1v) is 6.09. The van der Waals surface area contributed by atoms with Gasteiger partial charge in [-0.25, -0.2) is 0 Å². The van der Waals surface area contributed by atoms with Crippen molar-refractivity contribution >= 4 is 17.6 Å². The fourth-order valence-electron chi connectivity index (χ4n) is 1.76. The third-order valence-corrected chi connectivity index (χ3v) is 3.01. The van der Waals surface area contributed by atoms with E-state index in [4.69, 9.17) is 16.7 Å². The van der Waals surface area contributed by atoms with Crippen LogP contribution in [0.5, 0.6) is 0 Å². The molecule has 0 atom stereocenters. The van der Waals surface area contributed by atoms with E-state index in [1.54, 1.807) is 0 Å². The lowest BCUT2D eigenvalue weighted by atomic mass is 10.0. The fourth-order valence-corrected chi connectivity index (χ4v) is 1.88. The molecule has 18 heavy (non-hydrogen) atoms. The SMILES string of the molecule is O=C(O)CCc1ccc(-c2ccc(Cl)cc2)cc1. The van der Waals surface area contributed by atoms with Crippen LogP contribution in [-0.4, -0.2) is 11.1 Å². The molecular weight excluding hydrogens is 248 g/mol. The van der Waals surface area contributed by atoms with Gasteiger partial charge in [-0.3, -0.25) is 4.79 Å². The summed E-state index contributed by atoms with van der Waals surface area (Å²) in [5.41, 5.74) is 3.24. The lowest BCUT2D eigenvalue weighted by Gasteiger charge is -2.04. The number of carboxylic acids is 1. The number of hydrogen-bond donors (Lipinski definition) is 1. The van der Waals surface area contributed by atoms with Gasteiger partial charge in [0.25, 0.3) is 0 Å². The zero-order chi connectivity index (χ0) is 13.0. The summed E-state index contributed by atoms with van der Waals surface area (Å²) in [6, 6.07) is 15.6. The molecule has 0 radical (unpaired) electrons. The van der Waals surface area contributed by atoms with Crippen LogP contribution < -0.4 is 0 Å². The van der Waals surface area contributed by atoms with Crippen molar-refractivity contribution in [3.8, 4) is 11.1 Å². The van der Waals surface area contributed by atoms with E-state index in [-0.39, 0.29) is 6.42 Å². The molecule has 0 amide bonds. The van der Waals surface area contributed by atoms with E-state index in [1.807, 2.05) is 48.5 Å². The lowest BCUT2D eigenvalue weighted by Crippen LogP contribution is -1.97. The molecule has 2 aromatic carbocycles. The third-order valence-electron chi connectivity index (χ3n) is 2.76. The van der Waals surface area contributed by atoms with Crippen LogP contribution in [0.1, 0.15) is 12.0 Å². The van der Waals surface area contributed by atoms with Crippen molar-refractivity contribution in [2.24, 2.45) is 0 Å². The number of aryl methyl sites for hydroxylation is 1. The minimum atomic E-state index is -0.767. The highest BCUT2D eigenvalue weighted by Crippen LogP contribution is 2.22. The van der Waals surface area contributed by atoms with Gasteiger partial charge in [0, 0.05) is 11.4 Å². The Hall–Kier alpha value is -1.80. The maximum Gasteiger partial charge on any atom is 0.303 e. The van der Waals surface area contributed by atoms with Crippen molar-refractivity contribution in [2.45, 2.75) is 12.8 Å². The molecule has 3 heteroatoms. The number of halogens is 1. The number of carbonyl (C=O) groups is 1. The summed E-state index contributed by atoms with van der Waals surface area (Å²) in [6.07, 6.45) is 0.733. The van der Waals surface area contributed by atoms with Gasteiger partial charge in [-0.15, -0.1) is 0 Å². The predicted octanol–water partition coefficient (Wildman–Crippen LogP) is 4.02. The second-order valence-corrected chi connectivity index (χ2v) is 4.53. The van der Waals surface area contributed by atoms with Crippen LogP contribution in [0.15, 0.2) is 48.5 Å². The summed E-state index contributed by atoms with van der Waals surface area (Å²) in [7, 11) is 0. The molecule has 1 N–H and O–H groups in total. The minimum absolute atomic E-state index is 0.167. The Morgan fingerprint density at radius 1 is 0.944 bits per heavy atom. The Balaban J connectivity index is 2.12. The molecule has 0 aliphatic carbocycles. The van der Waals surface area contributed by atoms with Crippen molar-refractivity contribution in [1.82, 2.24) is 0 Å². The van der Waals surface area contributed by atoms with Crippen LogP contribution in [-0.2, 0) is 11.2 Å². The van der Waals surface area contributed by atoms with E-state index in [0.29, 0.717) is 6.42 Å². The Morgan fingerprint density at radius 2 is 1.44 bits per heavy atom. The number of rotatable bonds is 4. The Bertz CT molecular complexity index is 529.